The largest absolute Gasteiger partial charge is 0.424 e. The number of unbranched alkanes of at least 4 members (excludes halogenated alkanes) is 9. The maximum Gasteiger partial charge on any atom is 0.241 e. The van der Waals surface area contributed by atoms with Gasteiger partial charge in [0.2, 0.25) is 17.7 Å². The first-order valence-electron chi connectivity index (χ1n) is 15.2. The number of carbonyl (C=O) groups excluding carboxylic acids is 1. The Labute approximate surface area is 236 Å². The van der Waals surface area contributed by atoms with Crippen molar-refractivity contribution < 1.29 is 9.21 Å². The lowest BCUT2D eigenvalue weighted by molar-refractivity contribution is -0.117. The summed E-state index contributed by atoms with van der Waals surface area (Å²) in [7, 11) is 0. The summed E-state index contributed by atoms with van der Waals surface area (Å²) in [5.41, 5.74) is 4.01. The van der Waals surface area contributed by atoms with Crippen LogP contribution in [0.15, 0.2) is 52.9 Å². The van der Waals surface area contributed by atoms with Crippen LogP contribution in [0.25, 0.3) is 0 Å². The molecule has 1 aromatic heterocycles. The van der Waals surface area contributed by atoms with Gasteiger partial charge in [0.15, 0.2) is 0 Å². The molecule has 1 atom stereocenters. The van der Waals surface area contributed by atoms with E-state index in [1.165, 1.54) is 57.8 Å². The first kappa shape index (κ1) is 30.6. The highest BCUT2D eigenvalue weighted by Crippen LogP contribution is 2.34. The summed E-state index contributed by atoms with van der Waals surface area (Å²) in [5, 5.41) is 11.9. The standard InChI is InChI=1S/C34H49N3O2/c1-6-7-8-9-10-11-12-13-14-18-24-30-36-37-34(39-30)31(27-20-16-15-17-21-27)33(38)35-32-28(25(2)3)22-19-23-29(32)26(4)5/h15-17,19-23,25-26,31H,6-14,18,24H2,1-5H3,(H,35,38). The lowest BCUT2D eigenvalue weighted by Gasteiger charge is -2.22. The number of anilines is 1. The highest BCUT2D eigenvalue weighted by atomic mass is 16.4. The van der Waals surface area contributed by atoms with Crippen LogP contribution in [-0.4, -0.2) is 16.1 Å². The van der Waals surface area contributed by atoms with Crippen molar-refractivity contribution in [2.45, 2.75) is 123 Å². The van der Waals surface area contributed by atoms with Gasteiger partial charge in [-0.25, -0.2) is 0 Å². The van der Waals surface area contributed by atoms with Crippen molar-refractivity contribution in [1.82, 2.24) is 10.2 Å². The summed E-state index contributed by atoms with van der Waals surface area (Å²) in [4.78, 5) is 13.9. The Kier molecular flexibility index (Phi) is 12.7. The third-order valence-electron chi connectivity index (χ3n) is 7.49. The molecule has 5 heteroatoms. The van der Waals surface area contributed by atoms with Gasteiger partial charge in [-0.15, -0.1) is 10.2 Å². The van der Waals surface area contributed by atoms with Crippen molar-refractivity contribution in [2.24, 2.45) is 0 Å². The molecule has 1 heterocycles. The molecule has 2 aromatic carbocycles. The minimum atomic E-state index is -0.666. The van der Waals surface area contributed by atoms with E-state index in [1.807, 2.05) is 30.3 Å². The molecule has 1 N–H and O–H groups in total. The monoisotopic (exact) mass is 531 g/mol. The predicted molar refractivity (Wildman–Crippen MR) is 161 cm³/mol. The molecule has 0 aliphatic carbocycles. The van der Waals surface area contributed by atoms with E-state index in [4.69, 9.17) is 4.42 Å². The van der Waals surface area contributed by atoms with Crippen LogP contribution in [0.3, 0.4) is 0 Å². The SMILES string of the molecule is CCCCCCCCCCCCc1nnc(C(C(=O)Nc2c(C(C)C)cccc2C(C)C)c2ccccc2)o1. The summed E-state index contributed by atoms with van der Waals surface area (Å²) in [6.07, 6.45) is 13.6. The van der Waals surface area contributed by atoms with Crippen LogP contribution in [0.4, 0.5) is 5.69 Å². The molecule has 39 heavy (non-hydrogen) atoms. The van der Waals surface area contributed by atoms with Gasteiger partial charge in [0, 0.05) is 12.1 Å². The van der Waals surface area contributed by atoms with Gasteiger partial charge < -0.3 is 9.73 Å². The van der Waals surface area contributed by atoms with E-state index in [0.29, 0.717) is 11.8 Å². The second kappa shape index (κ2) is 16.2. The van der Waals surface area contributed by atoms with Crippen molar-refractivity contribution in [3.05, 3.63) is 77.0 Å². The van der Waals surface area contributed by atoms with E-state index >= 15 is 0 Å². The molecule has 0 saturated carbocycles. The van der Waals surface area contributed by atoms with Crippen LogP contribution in [-0.2, 0) is 11.2 Å². The van der Waals surface area contributed by atoms with E-state index in [0.717, 1.165) is 35.2 Å². The number of nitrogens with one attached hydrogen (secondary N) is 1. The van der Waals surface area contributed by atoms with Crippen LogP contribution in [0.5, 0.6) is 0 Å². The fourth-order valence-corrected chi connectivity index (χ4v) is 5.19. The predicted octanol–water partition coefficient (Wildman–Crippen LogP) is 9.55. The number of amides is 1. The summed E-state index contributed by atoms with van der Waals surface area (Å²) in [5.74, 6) is 0.721. The Morgan fingerprint density at radius 1 is 0.744 bits per heavy atom. The smallest absolute Gasteiger partial charge is 0.241 e. The molecule has 0 spiro atoms. The van der Waals surface area contributed by atoms with Gasteiger partial charge in [-0.05, 0) is 34.9 Å². The van der Waals surface area contributed by atoms with Crippen molar-refractivity contribution in [3.8, 4) is 0 Å². The Morgan fingerprint density at radius 2 is 1.31 bits per heavy atom. The second-order valence-electron chi connectivity index (χ2n) is 11.4. The zero-order chi connectivity index (χ0) is 28.0. The number of para-hydroxylation sites is 1. The van der Waals surface area contributed by atoms with Gasteiger partial charge >= 0.3 is 0 Å². The summed E-state index contributed by atoms with van der Waals surface area (Å²) in [6, 6.07) is 16.0. The van der Waals surface area contributed by atoms with E-state index < -0.39 is 5.92 Å². The van der Waals surface area contributed by atoms with E-state index in [2.05, 4.69) is 68.3 Å². The normalized spacial score (nSPS) is 12.3. The third-order valence-corrected chi connectivity index (χ3v) is 7.49. The van der Waals surface area contributed by atoms with Crippen LogP contribution in [0.1, 0.15) is 145 Å². The van der Waals surface area contributed by atoms with Gasteiger partial charge in [0.05, 0.1) is 0 Å². The molecular formula is C34H49N3O2. The Balaban J connectivity index is 1.66. The van der Waals surface area contributed by atoms with Crippen molar-refractivity contribution in [2.75, 3.05) is 5.32 Å². The fourth-order valence-electron chi connectivity index (χ4n) is 5.19. The van der Waals surface area contributed by atoms with Gasteiger partial charge in [0.25, 0.3) is 0 Å². The van der Waals surface area contributed by atoms with Gasteiger partial charge in [-0.3, -0.25) is 4.79 Å². The second-order valence-corrected chi connectivity index (χ2v) is 11.4. The number of rotatable bonds is 17. The summed E-state index contributed by atoms with van der Waals surface area (Å²) >= 11 is 0. The Hall–Kier alpha value is -2.95. The van der Waals surface area contributed by atoms with Crippen LogP contribution >= 0.6 is 0 Å². The zero-order valence-electron chi connectivity index (χ0n) is 24.8. The van der Waals surface area contributed by atoms with Crippen LogP contribution in [0.2, 0.25) is 0 Å². The van der Waals surface area contributed by atoms with Crippen molar-refractivity contribution >= 4 is 11.6 Å². The van der Waals surface area contributed by atoms with Gasteiger partial charge in [0.1, 0.15) is 5.92 Å². The number of aromatic nitrogens is 2. The van der Waals surface area contributed by atoms with Gasteiger partial charge in [-0.2, -0.15) is 0 Å². The molecular weight excluding hydrogens is 482 g/mol. The van der Waals surface area contributed by atoms with Gasteiger partial charge in [-0.1, -0.05) is 141 Å². The average molecular weight is 532 g/mol. The Morgan fingerprint density at radius 3 is 1.87 bits per heavy atom. The quantitative estimate of drug-likeness (QED) is 0.176. The topological polar surface area (TPSA) is 68.0 Å². The molecule has 0 radical (unpaired) electrons. The first-order valence-corrected chi connectivity index (χ1v) is 15.2. The number of benzene rings is 2. The molecule has 0 saturated heterocycles. The molecule has 0 bridgehead atoms. The summed E-state index contributed by atoms with van der Waals surface area (Å²) in [6.45, 7) is 10.9. The highest BCUT2D eigenvalue weighted by Gasteiger charge is 2.30. The number of hydrogen-bond donors (Lipinski definition) is 1. The van der Waals surface area contributed by atoms with Crippen LogP contribution in [0, 0.1) is 0 Å². The molecule has 0 aliphatic heterocycles. The van der Waals surface area contributed by atoms with Crippen molar-refractivity contribution in [3.63, 3.8) is 0 Å². The molecule has 0 aliphatic rings. The fraction of sp³-hybridized carbons (Fsp3) is 0.559. The Bertz CT molecular complexity index is 1090. The van der Waals surface area contributed by atoms with Crippen LogP contribution < -0.4 is 5.32 Å². The molecule has 0 fully saturated rings. The van der Waals surface area contributed by atoms with E-state index in [-0.39, 0.29) is 17.7 Å². The minimum Gasteiger partial charge on any atom is -0.424 e. The third kappa shape index (κ3) is 9.33. The minimum absolute atomic E-state index is 0.148. The molecule has 5 nitrogen and oxygen atoms in total. The lowest BCUT2D eigenvalue weighted by Crippen LogP contribution is -2.24. The molecule has 1 unspecified atom stereocenters. The van der Waals surface area contributed by atoms with E-state index in [9.17, 15) is 4.79 Å². The number of nitrogens with zero attached hydrogens (tertiary/aromatic N) is 2. The maximum atomic E-state index is 13.9. The number of aryl methyl sites for hydroxylation is 1. The zero-order valence-corrected chi connectivity index (χ0v) is 24.8. The molecule has 3 aromatic rings. The van der Waals surface area contributed by atoms with Crippen molar-refractivity contribution in [1.29, 1.82) is 0 Å². The summed E-state index contributed by atoms with van der Waals surface area (Å²) < 4.78 is 6.11. The molecule has 212 valence electrons. The number of hydrogen-bond acceptors (Lipinski definition) is 4. The maximum absolute atomic E-state index is 13.9. The molecule has 3 rings (SSSR count). The first-order chi connectivity index (χ1) is 18.9. The van der Waals surface area contributed by atoms with E-state index in [1.54, 1.807) is 0 Å². The average Bonchev–Trinajstić information content (AvgIpc) is 3.38. The highest BCUT2D eigenvalue weighted by molar-refractivity contribution is 5.98. The molecule has 1 amide bonds. The lowest BCUT2D eigenvalue weighted by atomic mass is 9.91. The number of carbonyl (C=O) groups is 1.